The zero-order chi connectivity index (χ0) is 19.6. The Balaban J connectivity index is 1.71. The fourth-order valence-electron chi connectivity index (χ4n) is 3.22. The number of benzene rings is 1. The lowest BCUT2D eigenvalue weighted by Crippen LogP contribution is -2.47. The van der Waals surface area contributed by atoms with Gasteiger partial charge >= 0.3 is 0 Å². The summed E-state index contributed by atoms with van der Waals surface area (Å²) in [5.41, 5.74) is 0.792. The SMILES string of the molecule is CCN(C(=O)CN1C(=O)S/C(=C/c2ccccc2)C1=O)C1CCS(=O)(=O)C1. The lowest BCUT2D eigenvalue weighted by Gasteiger charge is -2.28. The summed E-state index contributed by atoms with van der Waals surface area (Å²) in [6.45, 7) is 1.71. The van der Waals surface area contributed by atoms with Gasteiger partial charge in [0.15, 0.2) is 9.84 Å². The Morgan fingerprint density at radius 3 is 2.59 bits per heavy atom. The van der Waals surface area contributed by atoms with Crippen molar-refractivity contribution in [1.29, 1.82) is 0 Å². The van der Waals surface area contributed by atoms with Crippen LogP contribution in [0.2, 0.25) is 0 Å². The van der Waals surface area contributed by atoms with Crippen LogP contribution in [-0.4, -0.2) is 65.9 Å². The Bertz CT molecular complexity index is 896. The molecular weight excluding hydrogens is 388 g/mol. The maximum atomic E-state index is 12.6. The second-order valence-corrected chi connectivity index (χ2v) is 9.64. The Kier molecular flexibility index (Phi) is 5.71. The van der Waals surface area contributed by atoms with Crippen molar-refractivity contribution in [3.8, 4) is 0 Å². The van der Waals surface area contributed by atoms with E-state index in [0.29, 0.717) is 13.0 Å². The van der Waals surface area contributed by atoms with Gasteiger partial charge in [-0.05, 0) is 36.7 Å². The molecule has 2 heterocycles. The van der Waals surface area contributed by atoms with E-state index in [1.807, 2.05) is 30.3 Å². The minimum absolute atomic E-state index is 0.0584. The topological polar surface area (TPSA) is 91.8 Å². The van der Waals surface area contributed by atoms with Crippen molar-refractivity contribution in [1.82, 2.24) is 9.80 Å². The molecule has 2 aliphatic heterocycles. The normalized spacial score (nSPS) is 23.2. The van der Waals surface area contributed by atoms with E-state index in [1.54, 1.807) is 13.0 Å². The van der Waals surface area contributed by atoms with Gasteiger partial charge in [0.05, 0.1) is 16.4 Å². The fraction of sp³-hybridized carbons (Fsp3) is 0.389. The Morgan fingerprint density at radius 2 is 2.00 bits per heavy atom. The second kappa shape index (κ2) is 7.85. The quantitative estimate of drug-likeness (QED) is 0.690. The van der Waals surface area contributed by atoms with E-state index in [4.69, 9.17) is 0 Å². The highest BCUT2D eigenvalue weighted by atomic mass is 32.2. The van der Waals surface area contributed by atoms with E-state index in [-0.39, 0.29) is 23.0 Å². The summed E-state index contributed by atoms with van der Waals surface area (Å²) in [6, 6.07) is 8.75. The molecule has 0 aromatic heterocycles. The van der Waals surface area contributed by atoms with Gasteiger partial charge < -0.3 is 4.90 Å². The molecule has 1 atom stereocenters. The fourth-order valence-corrected chi connectivity index (χ4v) is 5.79. The van der Waals surface area contributed by atoms with Gasteiger partial charge in [-0.25, -0.2) is 8.42 Å². The average Bonchev–Trinajstić information content (AvgIpc) is 3.10. The van der Waals surface area contributed by atoms with Gasteiger partial charge in [-0.1, -0.05) is 30.3 Å². The maximum Gasteiger partial charge on any atom is 0.294 e. The smallest absolute Gasteiger partial charge is 0.294 e. The Hall–Kier alpha value is -2.13. The first-order valence-electron chi connectivity index (χ1n) is 8.61. The van der Waals surface area contributed by atoms with Crippen LogP contribution in [0.1, 0.15) is 18.9 Å². The van der Waals surface area contributed by atoms with E-state index in [9.17, 15) is 22.8 Å². The van der Waals surface area contributed by atoms with E-state index in [0.717, 1.165) is 22.2 Å². The first-order chi connectivity index (χ1) is 12.8. The van der Waals surface area contributed by atoms with Crippen LogP contribution in [0, 0.1) is 0 Å². The van der Waals surface area contributed by atoms with Crippen molar-refractivity contribution >= 4 is 44.7 Å². The summed E-state index contributed by atoms with van der Waals surface area (Å²) in [4.78, 5) is 40.0. The summed E-state index contributed by atoms with van der Waals surface area (Å²) < 4.78 is 23.4. The van der Waals surface area contributed by atoms with Crippen LogP contribution < -0.4 is 0 Å². The predicted octanol–water partition coefficient (Wildman–Crippen LogP) is 1.76. The van der Waals surface area contributed by atoms with Crippen LogP contribution in [0.4, 0.5) is 4.79 Å². The van der Waals surface area contributed by atoms with Gasteiger partial charge in [0.25, 0.3) is 11.1 Å². The lowest BCUT2D eigenvalue weighted by atomic mass is 10.2. The molecule has 9 heteroatoms. The number of sulfone groups is 1. The number of carbonyl (C=O) groups is 3. The van der Waals surface area contributed by atoms with Crippen molar-refractivity contribution in [2.24, 2.45) is 0 Å². The van der Waals surface area contributed by atoms with Crippen LogP contribution in [0.3, 0.4) is 0 Å². The average molecular weight is 409 g/mol. The molecule has 1 aromatic carbocycles. The van der Waals surface area contributed by atoms with Crippen molar-refractivity contribution in [3.05, 3.63) is 40.8 Å². The van der Waals surface area contributed by atoms with Gasteiger partial charge in [0.2, 0.25) is 5.91 Å². The molecule has 0 radical (unpaired) electrons. The molecule has 7 nitrogen and oxygen atoms in total. The molecule has 0 spiro atoms. The summed E-state index contributed by atoms with van der Waals surface area (Å²) in [5, 5.41) is -0.495. The monoisotopic (exact) mass is 408 g/mol. The second-order valence-electron chi connectivity index (χ2n) is 6.42. The van der Waals surface area contributed by atoms with Crippen molar-refractivity contribution < 1.29 is 22.8 Å². The Labute approximate surface area is 162 Å². The molecule has 3 rings (SSSR count). The summed E-state index contributed by atoms with van der Waals surface area (Å²) in [7, 11) is -3.13. The van der Waals surface area contributed by atoms with Gasteiger partial charge in [0.1, 0.15) is 6.54 Å². The summed E-state index contributed by atoms with van der Waals surface area (Å²) in [6.07, 6.45) is 2.01. The molecule has 2 saturated heterocycles. The van der Waals surface area contributed by atoms with Gasteiger partial charge in [-0.2, -0.15) is 0 Å². The molecular formula is C18H20N2O5S2. The molecule has 0 saturated carbocycles. The predicted molar refractivity (Wildman–Crippen MR) is 104 cm³/mol. The number of nitrogens with zero attached hydrogens (tertiary/aromatic N) is 2. The van der Waals surface area contributed by atoms with Crippen LogP contribution in [0.5, 0.6) is 0 Å². The van der Waals surface area contributed by atoms with Crippen LogP contribution >= 0.6 is 11.8 Å². The molecule has 2 aliphatic rings. The van der Waals surface area contributed by atoms with Gasteiger partial charge in [-0.15, -0.1) is 0 Å². The Morgan fingerprint density at radius 1 is 1.30 bits per heavy atom. The van der Waals surface area contributed by atoms with Crippen LogP contribution in [0.25, 0.3) is 6.08 Å². The molecule has 3 amide bonds. The first-order valence-corrected chi connectivity index (χ1v) is 11.2. The highest BCUT2D eigenvalue weighted by molar-refractivity contribution is 8.18. The van der Waals surface area contributed by atoms with E-state index in [1.165, 1.54) is 4.90 Å². The van der Waals surface area contributed by atoms with Gasteiger partial charge in [-0.3, -0.25) is 19.3 Å². The third-order valence-electron chi connectivity index (χ3n) is 4.57. The third kappa shape index (κ3) is 4.41. The van der Waals surface area contributed by atoms with Crippen molar-refractivity contribution in [2.75, 3.05) is 24.6 Å². The number of thioether (sulfide) groups is 1. The number of imide groups is 1. The van der Waals surface area contributed by atoms with Crippen molar-refractivity contribution in [2.45, 2.75) is 19.4 Å². The van der Waals surface area contributed by atoms with E-state index < -0.39 is 32.9 Å². The van der Waals surface area contributed by atoms with Crippen LogP contribution in [0.15, 0.2) is 35.2 Å². The number of rotatable bonds is 5. The minimum atomic E-state index is -3.13. The van der Waals surface area contributed by atoms with Crippen LogP contribution in [-0.2, 0) is 19.4 Å². The number of likely N-dealkylation sites (N-methyl/N-ethyl adjacent to an activating group) is 1. The minimum Gasteiger partial charge on any atom is -0.337 e. The molecule has 0 aliphatic carbocycles. The summed E-state index contributed by atoms with van der Waals surface area (Å²) in [5.74, 6) is -0.925. The highest BCUT2D eigenvalue weighted by Gasteiger charge is 2.39. The van der Waals surface area contributed by atoms with E-state index in [2.05, 4.69) is 0 Å². The van der Waals surface area contributed by atoms with Gasteiger partial charge in [0, 0.05) is 12.6 Å². The molecule has 0 bridgehead atoms. The van der Waals surface area contributed by atoms with E-state index >= 15 is 0 Å². The third-order valence-corrected chi connectivity index (χ3v) is 7.23. The number of carbonyl (C=O) groups excluding carboxylic acids is 3. The zero-order valence-electron chi connectivity index (χ0n) is 14.8. The number of amides is 3. The highest BCUT2D eigenvalue weighted by Crippen LogP contribution is 2.32. The largest absolute Gasteiger partial charge is 0.337 e. The zero-order valence-corrected chi connectivity index (χ0v) is 16.5. The standard InChI is InChI=1S/C18H20N2O5S2/c1-2-19(14-8-9-27(24,25)12-14)16(21)11-20-17(22)15(26-18(20)23)10-13-6-4-3-5-7-13/h3-7,10,14H,2,8-9,11-12H2,1H3/b15-10+. The maximum absolute atomic E-state index is 12.6. The summed E-state index contributed by atoms with van der Waals surface area (Å²) >= 11 is 0.802. The molecule has 144 valence electrons. The van der Waals surface area contributed by atoms with Crippen molar-refractivity contribution in [3.63, 3.8) is 0 Å². The lowest BCUT2D eigenvalue weighted by molar-refractivity contribution is -0.137. The number of hydrogen-bond donors (Lipinski definition) is 0. The molecule has 27 heavy (non-hydrogen) atoms. The molecule has 0 N–H and O–H groups in total. The first kappa shape index (κ1) is 19.6. The molecule has 1 unspecified atom stereocenters. The number of hydrogen-bond acceptors (Lipinski definition) is 6. The molecule has 1 aromatic rings. The molecule has 2 fully saturated rings.